The summed E-state index contributed by atoms with van der Waals surface area (Å²) in [6.07, 6.45) is 0. The molecule has 3 heteroatoms. The van der Waals surface area contributed by atoms with Gasteiger partial charge in [0.05, 0.1) is 0 Å². The van der Waals surface area contributed by atoms with Crippen molar-refractivity contribution in [1.82, 2.24) is 10.6 Å². The molecule has 3 N–H and O–H groups in total. The summed E-state index contributed by atoms with van der Waals surface area (Å²) >= 11 is 0. The van der Waals surface area contributed by atoms with Crippen LogP contribution < -0.4 is 10.6 Å². The normalized spacial score (nSPS) is 35.3. The highest BCUT2D eigenvalue weighted by Crippen LogP contribution is 2.06. The van der Waals surface area contributed by atoms with E-state index in [1.54, 1.807) is 0 Å². The second kappa shape index (κ2) is 3.15. The highest BCUT2D eigenvalue weighted by molar-refractivity contribution is 4.84. The molecular weight excluding hydrogens is 116 g/mol. The van der Waals surface area contributed by atoms with E-state index in [-0.39, 0.29) is 0 Å². The highest BCUT2D eigenvalue weighted by Gasteiger charge is 2.23. The molecule has 0 aromatic rings. The lowest BCUT2D eigenvalue weighted by molar-refractivity contribution is 0.218. The van der Waals surface area contributed by atoms with E-state index in [4.69, 9.17) is 5.11 Å². The molecule has 1 saturated heterocycles. The van der Waals surface area contributed by atoms with Gasteiger partial charge < -0.3 is 15.7 Å². The van der Waals surface area contributed by atoms with Gasteiger partial charge in [-0.15, -0.1) is 0 Å². The van der Waals surface area contributed by atoms with Crippen LogP contribution in [0, 0.1) is 5.92 Å². The Morgan fingerprint density at radius 3 is 2.89 bits per heavy atom. The predicted molar refractivity (Wildman–Crippen MR) is 36.3 cm³/mol. The molecule has 2 unspecified atom stereocenters. The summed E-state index contributed by atoms with van der Waals surface area (Å²) in [5, 5.41) is 15.1. The number of likely N-dealkylation sites (N-methyl/N-ethyl adjacent to an activating group) is 1. The summed E-state index contributed by atoms with van der Waals surface area (Å²) in [5.74, 6) is 0.412. The Kier molecular flexibility index (Phi) is 2.45. The molecule has 0 saturated carbocycles. The predicted octanol–water partition coefficient (Wildman–Crippen LogP) is -1.21. The van der Waals surface area contributed by atoms with Crippen molar-refractivity contribution >= 4 is 0 Å². The standard InChI is InChI=1S/C6H14N2O/c1-7-6-3-8-2-5(6)4-9/h5-9H,2-4H2,1H3. The summed E-state index contributed by atoms with van der Waals surface area (Å²) in [4.78, 5) is 0. The quantitative estimate of drug-likeness (QED) is 0.439. The SMILES string of the molecule is CNC1CNCC1CO. The Morgan fingerprint density at radius 2 is 2.44 bits per heavy atom. The van der Waals surface area contributed by atoms with Crippen molar-refractivity contribution in [2.75, 3.05) is 26.7 Å². The van der Waals surface area contributed by atoms with Gasteiger partial charge in [-0.05, 0) is 7.05 Å². The lowest BCUT2D eigenvalue weighted by Crippen LogP contribution is -2.34. The van der Waals surface area contributed by atoms with E-state index in [0.29, 0.717) is 18.6 Å². The van der Waals surface area contributed by atoms with Gasteiger partial charge in [-0.1, -0.05) is 0 Å². The zero-order valence-corrected chi connectivity index (χ0v) is 5.72. The molecular formula is C6H14N2O. The van der Waals surface area contributed by atoms with E-state index in [1.165, 1.54) is 0 Å². The van der Waals surface area contributed by atoms with Crippen LogP contribution in [0.4, 0.5) is 0 Å². The molecule has 1 fully saturated rings. The number of nitrogens with one attached hydrogen (secondary N) is 2. The molecule has 0 bridgehead atoms. The fraction of sp³-hybridized carbons (Fsp3) is 1.00. The third-order valence-corrected chi connectivity index (χ3v) is 1.95. The Bertz CT molecular complexity index is 77.1. The van der Waals surface area contributed by atoms with Gasteiger partial charge in [0.25, 0.3) is 0 Å². The number of aliphatic hydroxyl groups excluding tert-OH is 1. The minimum absolute atomic E-state index is 0.290. The van der Waals surface area contributed by atoms with E-state index >= 15 is 0 Å². The second-order valence-electron chi connectivity index (χ2n) is 2.50. The van der Waals surface area contributed by atoms with Gasteiger partial charge in [-0.3, -0.25) is 0 Å². The van der Waals surface area contributed by atoms with Crippen molar-refractivity contribution in [1.29, 1.82) is 0 Å². The fourth-order valence-electron chi connectivity index (χ4n) is 1.26. The van der Waals surface area contributed by atoms with Gasteiger partial charge in [0.2, 0.25) is 0 Å². The number of aliphatic hydroxyl groups is 1. The number of hydrogen-bond acceptors (Lipinski definition) is 3. The maximum Gasteiger partial charge on any atom is 0.0486 e. The van der Waals surface area contributed by atoms with Crippen LogP contribution in [-0.4, -0.2) is 37.9 Å². The Morgan fingerprint density at radius 1 is 1.67 bits per heavy atom. The Hall–Kier alpha value is -0.120. The second-order valence-corrected chi connectivity index (χ2v) is 2.50. The highest BCUT2D eigenvalue weighted by atomic mass is 16.3. The topological polar surface area (TPSA) is 44.3 Å². The van der Waals surface area contributed by atoms with Crippen LogP contribution in [-0.2, 0) is 0 Å². The van der Waals surface area contributed by atoms with E-state index in [0.717, 1.165) is 13.1 Å². The first kappa shape index (κ1) is 6.99. The van der Waals surface area contributed by atoms with E-state index < -0.39 is 0 Å². The van der Waals surface area contributed by atoms with Gasteiger partial charge in [0, 0.05) is 31.7 Å². The van der Waals surface area contributed by atoms with E-state index in [1.807, 2.05) is 7.05 Å². The molecule has 2 atom stereocenters. The number of hydrogen-bond donors (Lipinski definition) is 3. The average molecular weight is 130 g/mol. The maximum atomic E-state index is 8.79. The molecule has 9 heavy (non-hydrogen) atoms. The van der Waals surface area contributed by atoms with Crippen LogP contribution in [0.25, 0.3) is 0 Å². The molecule has 1 rings (SSSR count). The van der Waals surface area contributed by atoms with E-state index in [9.17, 15) is 0 Å². The van der Waals surface area contributed by atoms with Crippen LogP contribution >= 0.6 is 0 Å². The fourth-order valence-corrected chi connectivity index (χ4v) is 1.26. The monoisotopic (exact) mass is 130 g/mol. The first-order chi connectivity index (χ1) is 4.38. The van der Waals surface area contributed by atoms with Crippen LogP contribution in [0.15, 0.2) is 0 Å². The molecule has 1 aliphatic rings. The molecule has 0 spiro atoms. The molecule has 0 aliphatic carbocycles. The minimum atomic E-state index is 0.290. The zero-order valence-electron chi connectivity index (χ0n) is 5.72. The zero-order chi connectivity index (χ0) is 6.69. The molecule has 3 nitrogen and oxygen atoms in total. The molecule has 54 valence electrons. The van der Waals surface area contributed by atoms with Gasteiger partial charge in [-0.25, -0.2) is 0 Å². The summed E-state index contributed by atoms with van der Waals surface area (Å²) in [6, 6.07) is 0.468. The Balaban J connectivity index is 2.32. The third-order valence-electron chi connectivity index (χ3n) is 1.95. The summed E-state index contributed by atoms with van der Waals surface area (Å²) in [7, 11) is 1.93. The van der Waals surface area contributed by atoms with Crippen molar-refractivity contribution in [3.8, 4) is 0 Å². The van der Waals surface area contributed by atoms with Crippen molar-refractivity contribution < 1.29 is 5.11 Å². The van der Waals surface area contributed by atoms with Crippen LogP contribution in [0.1, 0.15) is 0 Å². The first-order valence-corrected chi connectivity index (χ1v) is 3.37. The smallest absolute Gasteiger partial charge is 0.0486 e. The molecule has 1 heterocycles. The van der Waals surface area contributed by atoms with Crippen LogP contribution in [0.3, 0.4) is 0 Å². The van der Waals surface area contributed by atoms with Gasteiger partial charge in [0.1, 0.15) is 0 Å². The molecule has 0 amide bonds. The van der Waals surface area contributed by atoms with Crippen molar-refractivity contribution in [3.05, 3.63) is 0 Å². The summed E-state index contributed by atoms with van der Waals surface area (Å²) in [6.45, 7) is 2.22. The average Bonchev–Trinajstić information content (AvgIpc) is 2.33. The molecule has 0 aromatic heterocycles. The van der Waals surface area contributed by atoms with Crippen molar-refractivity contribution in [3.63, 3.8) is 0 Å². The van der Waals surface area contributed by atoms with Gasteiger partial charge >= 0.3 is 0 Å². The largest absolute Gasteiger partial charge is 0.396 e. The minimum Gasteiger partial charge on any atom is -0.396 e. The number of rotatable bonds is 2. The van der Waals surface area contributed by atoms with Crippen LogP contribution in [0.5, 0.6) is 0 Å². The molecule has 0 radical (unpaired) electrons. The van der Waals surface area contributed by atoms with Crippen molar-refractivity contribution in [2.45, 2.75) is 6.04 Å². The maximum absolute atomic E-state index is 8.79. The van der Waals surface area contributed by atoms with Crippen LogP contribution in [0.2, 0.25) is 0 Å². The lowest BCUT2D eigenvalue weighted by atomic mass is 10.1. The van der Waals surface area contributed by atoms with Gasteiger partial charge in [-0.2, -0.15) is 0 Å². The van der Waals surface area contributed by atoms with Gasteiger partial charge in [0.15, 0.2) is 0 Å². The van der Waals surface area contributed by atoms with E-state index in [2.05, 4.69) is 10.6 Å². The molecule has 1 aliphatic heterocycles. The van der Waals surface area contributed by atoms with Crippen molar-refractivity contribution in [2.24, 2.45) is 5.92 Å². The third kappa shape index (κ3) is 1.41. The molecule has 0 aromatic carbocycles. The first-order valence-electron chi connectivity index (χ1n) is 3.37. The Labute approximate surface area is 55.5 Å². The summed E-state index contributed by atoms with van der Waals surface area (Å²) in [5.41, 5.74) is 0. The lowest BCUT2D eigenvalue weighted by Gasteiger charge is -2.13. The summed E-state index contributed by atoms with van der Waals surface area (Å²) < 4.78 is 0.